The molecule has 3 aromatic rings. The molecule has 5 rings (SSSR count). The topological polar surface area (TPSA) is 149 Å². The number of aromatic nitrogens is 6. The lowest BCUT2D eigenvalue weighted by Crippen LogP contribution is -2.55. The van der Waals surface area contributed by atoms with Gasteiger partial charge in [0.05, 0.1) is 12.8 Å². The molecule has 0 bridgehead atoms. The van der Waals surface area contributed by atoms with Gasteiger partial charge in [0, 0.05) is 34.9 Å². The standard InChI is InChI=1S/C22H25BrClN7O5S/c1-35-20-18(31-9-16(27-29-31)30-6-5-15(24)28-30)19(33)13(10-32)36-22(20)37-14-7-11(23)8-25-17(14)21(34)26-12-3-2-4-12/h5-9,12-13,18-20,22,32-33H,2-4,10H2,1H3,(H,26,34)/t13?,18-,19-,20?,22+/m0/s1. The van der Waals surface area contributed by atoms with Crippen LogP contribution in [0.15, 0.2) is 40.1 Å². The molecule has 0 radical (unpaired) electrons. The number of carbonyl (C=O) groups excluding carboxylic acids is 1. The summed E-state index contributed by atoms with van der Waals surface area (Å²) in [5.74, 6) is 0.120. The van der Waals surface area contributed by atoms with Crippen molar-refractivity contribution in [3.63, 3.8) is 0 Å². The molecule has 4 heterocycles. The van der Waals surface area contributed by atoms with Crippen LogP contribution in [-0.4, -0.2) is 89.4 Å². The first kappa shape index (κ1) is 26.5. The van der Waals surface area contributed by atoms with Crippen molar-refractivity contribution < 1.29 is 24.5 Å². The Morgan fingerprint density at radius 3 is 2.89 bits per heavy atom. The van der Waals surface area contributed by atoms with Gasteiger partial charge in [-0.05, 0) is 47.3 Å². The molecule has 1 aliphatic carbocycles. The minimum atomic E-state index is -1.16. The first-order chi connectivity index (χ1) is 17.9. The molecule has 1 saturated heterocycles. The zero-order chi connectivity index (χ0) is 26.1. The van der Waals surface area contributed by atoms with Crippen molar-refractivity contribution >= 4 is 45.2 Å². The number of thioether (sulfide) groups is 1. The minimum Gasteiger partial charge on any atom is -0.394 e. The molecule has 3 aromatic heterocycles. The Hall–Kier alpha value is -2.07. The summed E-state index contributed by atoms with van der Waals surface area (Å²) in [6, 6.07) is 2.78. The number of amides is 1. The smallest absolute Gasteiger partial charge is 0.271 e. The van der Waals surface area contributed by atoms with Crippen molar-refractivity contribution in [3.05, 3.63) is 46.0 Å². The molecule has 15 heteroatoms. The average molecular weight is 615 g/mol. The lowest BCUT2D eigenvalue weighted by molar-refractivity contribution is -0.186. The summed E-state index contributed by atoms with van der Waals surface area (Å²) in [7, 11) is 1.50. The van der Waals surface area contributed by atoms with Gasteiger partial charge in [0.2, 0.25) is 0 Å². The summed E-state index contributed by atoms with van der Waals surface area (Å²) in [6.45, 7) is -0.437. The molecule has 5 atom stereocenters. The highest BCUT2D eigenvalue weighted by molar-refractivity contribution is 9.10. The van der Waals surface area contributed by atoms with E-state index in [2.05, 4.69) is 41.6 Å². The van der Waals surface area contributed by atoms with E-state index >= 15 is 0 Å². The summed E-state index contributed by atoms with van der Waals surface area (Å²) < 4.78 is 15.5. The fourth-order valence-electron chi connectivity index (χ4n) is 4.27. The lowest BCUT2D eigenvalue weighted by Gasteiger charge is -2.43. The highest BCUT2D eigenvalue weighted by atomic mass is 79.9. The SMILES string of the molecule is COC1[C@@H](Sc2cc(Br)cnc2C(=O)NC2CCC2)OC(CO)[C@H](O)[C@@H]1n1cc(-n2ccc(Cl)n2)nn1. The molecule has 1 amide bonds. The second kappa shape index (κ2) is 11.4. The van der Waals surface area contributed by atoms with E-state index in [9.17, 15) is 15.0 Å². The van der Waals surface area contributed by atoms with E-state index in [0.717, 1.165) is 19.3 Å². The van der Waals surface area contributed by atoms with Crippen LogP contribution in [0.4, 0.5) is 0 Å². The van der Waals surface area contributed by atoms with E-state index in [0.29, 0.717) is 20.3 Å². The van der Waals surface area contributed by atoms with Crippen molar-refractivity contribution in [1.82, 2.24) is 35.1 Å². The summed E-state index contributed by atoms with van der Waals surface area (Å²) in [5.41, 5.74) is -0.464. The third-order valence-electron chi connectivity index (χ3n) is 6.41. The third-order valence-corrected chi connectivity index (χ3v) is 8.22. The van der Waals surface area contributed by atoms with Gasteiger partial charge in [-0.3, -0.25) is 4.79 Å². The maximum atomic E-state index is 13.0. The fourth-order valence-corrected chi connectivity index (χ4v) is 6.20. The Bertz CT molecular complexity index is 1260. The fraction of sp³-hybridized carbons (Fsp3) is 0.500. The van der Waals surface area contributed by atoms with Gasteiger partial charge >= 0.3 is 0 Å². The Balaban J connectivity index is 1.44. The largest absolute Gasteiger partial charge is 0.394 e. The number of methoxy groups -OCH3 is 1. The number of halogens is 2. The first-order valence-electron chi connectivity index (χ1n) is 11.6. The van der Waals surface area contributed by atoms with E-state index in [-0.39, 0.29) is 17.6 Å². The molecule has 0 spiro atoms. The van der Waals surface area contributed by atoms with E-state index in [1.54, 1.807) is 30.7 Å². The van der Waals surface area contributed by atoms with E-state index < -0.39 is 36.4 Å². The molecule has 3 N–H and O–H groups in total. The third kappa shape index (κ3) is 5.55. The van der Waals surface area contributed by atoms with Gasteiger partial charge in [0.1, 0.15) is 35.5 Å². The van der Waals surface area contributed by atoms with Crippen LogP contribution < -0.4 is 5.32 Å². The van der Waals surface area contributed by atoms with Gasteiger partial charge in [0.15, 0.2) is 11.0 Å². The molecule has 1 saturated carbocycles. The Morgan fingerprint density at radius 2 is 2.24 bits per heavy atom. The molecule has 2 aliphatic rings. The van der Waals surface area contributed by atoms with Gasteiger partial charge in [-0.25, -0.2) is 14.3 Å². The van der Waals surface area contributed by atoms with Crippen molar-refractivity contribution in [3.8, 4) is 5.82 Å². The summed E-state index contributed by atoms with van der Waals surface area (Å²) in [6.07, 6.45) is 4.96. The number of aliphatic hydroxyl groups excluding tert-OH is 2. The van der Waals surface area contributed by atoms with Crippen LogP contribution in [0, 0.1) is 0 Å². The molecule has 198 valence electrons. The van der Waals surface area contributed by atoms with Crippen LogP contribution >= 0.6 is 39.3 Å². The van der Waals surface area contributed by atoms with E-state index in [1.165, 1.54) is 28.2 Å². The van der Waals surface area contributed by atoms with Gasteiger partial charge in [-0.15, -0.1) is 5.10 Å². The molecule has 2 fully saturated rings. The number of nitrogens with one attached hydrogen (secondary N) is 1. The molecular formula is C22H25BrClN7O5S. The predicted molar refractivity (Wildman–Crippen MR) is 137 cm³/mol. The quantitative estimate of drug-likeness (QED) is 0.344. The van der Waals surface area contributed by atoms with Crippen LogP contribution in [0.5, 0.6) is 0 Å². The first-order valence-corrected chi connectivity index (χ1v) is 13.7. The summed E-state index contributed by atoms with van der Waals surface area (Å²) in [5, 5.41) is 36.8. The van der Waals surface area contributed by atoms with Crippen LogP contribution in [-0.2, 0) is 9.47 Å². The molecule has 1 aliphatic heterocycles. The van der Waals surface area contributed by atoms with Gasteiger partial charge in [-0.1, -0.05) is 28.6 Å². The van der Waals surface area contributed by atoms with Gasteiger partial charge < -0.3 is 25.0 Å². The average Bonchev–Trinajstić information content (AvgIpc) is 3.51. The molecular weight excluding hydrogens is 590 g/mol. The van der Waals surface area contributed by atoms with E-state index in [4.69, 9.17) is 21.1 Å². The summed E-state index contributed by atoms with van der Waals surface area (Å²) in [4.78, 5) is 17.9. The van der Waals surface area contributed by atoms with Crippen molar-refractivity contribution in [2.45, 2.75) is 60.0 Å². The normalized spacial score (nSPS) is 26.1. The number of nitrogens with zero attached hydrogens (tertiary/aromatic N) is 6. The number of carbonyl (C=O) groups is 1. The lowest BCUT2D eigenvalue weighted by atomic mass is 9.93. The number of ether oxygens (including phenoxy) is 2. The Kier molecular flexibility index (Phi) is 8.14. The number of hydrogen-bond acceptors (Lipinski definition) is 10. The maximum Gasteiger partial charge on any atom is 0.271 e. The Morgan fingerprint density at radius 1 is 1.43 bits per heavy atom. The molecule has 12 nitrogen and oxygen atoms in total. The number of rotatable bonds is 8. The predicted octanol–water partition coefficient (Wildman–Crippen LogP) is 1.98. The minimum absolute atomic E-state index is 0.151. The van der Waals surface area contributed by atoms with Crippen molar-refractivity contribution in [1.29, 1.82) is 0 Å². The monoisotopic (exact) mass is 613 g/mol. The highest BCUT2D eigenvalue weighted by Gasteiger charge is 2.48. The van der Waals surface area contributed by atoms with Crippen LogP contribution in [0.2, 0.25) is 5.15 Å². The molecule has 2 unspecified atom stereocenters. The van der Waals surface area contributed by atoms with E-state index in [1.807, 2.05) is 0 Å². The van der Waals surface area contributed by atoms with Crippen LogP contribution in [0.3, 0.4) is 0 Å². The van der Waals surface area contributed by atoms with Gasteiger partial charge in [0.25, 0.3) is 5.91 Å². The molecule has 37 heavy (non-hydrogen) atoms. The highest BCUT2D eigenvalue weighted by Crippen LogP contribution is 2.40. The van der Waals surface area contributed by atoms with Crippen LogP contribution in [0.25, 0.3) is 5.82 Å². The maximum absolute atomic E-state index is 13.0. The number of pyridine rings is 1. The van der Waals surface area contributed by atoms with Gasteiger partial charge in [-0.2, -0.15) is 5.10 Å². The number of aliphatic hydroxyl groups is 2. The molecule has 0 aromatic carbocycles. The number of hydrogen-bond donors (Lipinski definition) is 3. The zero-order valence-electron chi connectivity index (χ0n) is 19.6. The zero-order valence-corrected chi connectivity index (χ0v) is 22.8. The Labute approximate surface area is 229 Å². The second-order valence-electron chi connectivity index (χ2n) is 8.77. The van der Waals surface area contributed by atoms with Crippen molar-refractivity contribution in [2.75, 3.05) is 13.7 Å². The van der Waals surface area contributed by atoms with Crippen LogP contribution in [0.1, 0.15) is 35.8 Å². The van der Waals surface area contributed by atoms with Crippen molar-refractivity contribution in [2.24, 2.45) is 0 Å². The second-order valence-corrected chi connectivity index (χ2v) is 11.2. The summed E-state index contributed by atoms with van der Waals surface area (Å²) >= 11 is 10.6.